The molecule has 0 saturated carbocycles. The van der Waals surface area contributed by atoms with Crippen LogP contribution in [-0.4, -0.2) is 25.0 Å². The van der Waals surface area contributed by atoms with Crippen LogP contribution in [0, 0.1) is 0 Å². The summed E-state index contributed by atoms with van der Waals surface area (Å²) in [7, 11) is 0. The van der Waals surface area contributed by atoms with E-state index in [9.17, 15) is 22.8 Å². The molecule has 0 aliphatic heterocycles. The first-order chi connectivity index (χ1) is 10.7. The van der Waals surface area contributed by atoms with Gasteiger partial charge in [-0.2, -0.15) is 13.2 Å². The third-order valence-electron chi connectivity index (χ3n) is 3.07. The predicted octanol–water partition coefficient (Wildman–Crippen LogP) is 2.59. The molecule has 0 heterocycles. The number of rotatable bonds is 6. The Bertz CT molecular complexity index is 530. The molecule has 1 aromatic rings. The zero-order valence-corrected chi connectivity index (χ0v) is 13.0. The maximum Gasteiger partial charge on any atom is 0.416 e. The molecule has 0 bridgehead atoms. The third kappa shape index (κ3) is 6.58. The first-order valence-corrected chi connectivity index (χ1v) is 7.22. The van der Waals surface area contributed by atoms with E-state index in [0.717, 1.165) is 18.6 Å². The number of hydrogen-bond donors (Lipinski definition) is 3. The van der Waals surface area contributed by atoms with Crippen LogP contribution in [-0.2, 0) is 11.0 Å². The number of benzene rings is 1. The largest absolute Gasteiger partial charge is 0.416 e. The summed E-state index contributed by atoms with van der Waals surface area (Å²) < 4.78 is 37.4. The van der Waals surface area contributed by atoms with Gasteiger partial charge >= 0.3 is 12.2 Å². The lowest BCUT2D eigenvalue weighted by molar-refractivity contribution is -0.137. The van der Waals surface area contributed by atoms with Crippen LogP contribution in [0.5, 0.6) is 0 Å². The highest BCUT2D eigenvalue weighted by Gasteiger charge is 2.30. The number of nitrogens with one attached hydrogen (secondary N) is 3. The molecular formula is C15H20F3N3O2. The molecule has 0 saturated heterocycles. The lowest BCUT2D eigenvalue weighted by Crippen LogP contribution is -2.42. The van der Waals surface area contributed by atoms with Crippen molar-refractivity contribution in [2.75, 3.05) is 13.1 Å². The summed E-state index contributed by atoms with van der Waals surface area (Å²) >= 11 is 0. The molecule has 8 heteroatoms. The predicted molar refractivity (Wildman–Crippen MR) is 79.7 cm³/mol. The highest BCUT2D eigenvalue weighted by molar-refractivity contribution is 5.83. The summed E-state index contributed by atoms with van der Waals surface area (Å²) in [5.41, 5.74) is -0.214. The van der Waals surface area contributed by atoms with Crippen LogP contribution < -0.4 is 16.0 Å². The summed E-state index contributed by atoms with van der Waals surface area (Å²) in [4.78, 5) is 23.0. The standard InChI is InChI=1S/C15H20F3N3O2/c1-3-8-19-13(22)9-20-14(23)21-10(2)11-4-6-12(7-5-11)15(16,17)18/h4-7,10H,3,8-9H2,1-2H3,(H,19,22)(H2,20,21,23). The van der Waals surface area contributed by atoms with Crippen molar-refractivity contribution >= 4 is 11.9 Å². The number of hydrogen-bond acceptors (Lipinski definition) is 2. The molecular weight excluding hydrogens is 311 g/mol. The van der Waals surface area contributed by atoms with Gasteiger partial charge in [-0.15, -0.1) is 0 Å². The van der Waals surface area contributed by atoms with E-state index in [4.69, 9.17) is 0 Å². The molecule has 0 fully saturated rings. The minimum Gasteiger partial charge on any atom is -0.355 e. The van der Waals surface area contributed by atoms with Crippen molar-refractivity contribution in [3.63, 3.8) is 0 Å². The molecule has 0 aliphatic rings. The van der Waals surface area contributed by atoms with Crippen LogP contribution in [0.3, 0.4) is 0 Å². The molecule has 3 N–H and O–H groups in total. The summed E-state index contributed by atoms with van der Waals surface area (Å²) in [6.07, 6.45) is -3.60. The molecule has 5 nitrogen and oxygen atoms in total. The van der Waals surface area contributed by atoms with Gasteiger partial charge in [0.15, 0.2) is 0 Å². The minimum absolute atomic E-state index is 0.161. The number of halogens is 3. The second kappa shape index (κ2) is 8.40. The average Bonchev–Trinajstić information content (AvgIpc) is 2.50. The van der Waals surface area contributed by atoms with Gasteiger partial charge in [0.2, 0.25) is 5.91 Å². The molecule has 1 aromatic carbocycles. The van der Waals surface area contributed by atoms with Crippen molar-refractivity contribution in [1.82, 2.24) is 16.0 Å². The molecule has 1 atom stereocenters. The van der Waals surface area contributed by atoms with Gasteiger partial charge in [-0.05, 0) is 31.0 Å². The minimum atomic E-state index is -4.39. The molecule has 0 aliphatic carbocycles. The Hall–Kier alpha value is -2.25. The van der Waals surface area contributed by atoms with Crippen LogP contribution in [0.4, 0.5) is 18.0 Å². The SMILES string of the molecule is CCCNC(=O)CNC(=O)NC(C)c1ccc(C(F)(F)F)cc1. The highest BCUT2D eigenvalue weighted by atomic mass is 19.4. The van der Waals surface area contributed by atoms with Crippen LogP contribution in [0.2, 0.25) is 0 Å². The molecule has 0 radical (unpaired) electrons. The lowest BCUT2D eigenvalue weighted by Gasteiger charge is -2.16. The van der Waals surface area contributed by atoms with Crippen molar-refractivity contribution in [3.05, 3.63) is 35.4 Å². The molecule has 23 heavy (non-hydrogen) atoms. The van der Waals surface area contributed by atoms with Crippen molar-refractivity contribution < 1.29 is 22.8 Å². The fourth-order valence-electron chi connectivity index (χ4n) is 1.78. The van der Waals surface area contributed by atoms with Crippen LogP contribution >= 0.6 is 0 Å². The zero-order valence-electron chi connectivity index (χ0n) is 13.0. The second-order valence-corrected chi connectivity index (χ2v) is 5.02. The summed E-state index contributed by atoms with van der Waals surface area (Å²) in [6.45, 7) is 3.92. The van der Waals surface area contributed by atoms with Gasteiger partial charge < -0.3 is 16.0 Å². The topological polar surface area (TPSA) is 70.2 Å². The maximum absolute atomic E-state index is 12.5. The van der Waals surface area contributed by atoms with E-state index in [1.807, 2.05) is 6.92 Å². The van der Waals surface area contributed by atoms with Crippen molar-refractivity contribution in [2.24, 2.45) is 0 Å². The molecule has 1 rings (SSSR count). The van der Waals surface area contributed by atoms with Crippen molar-refractivity contribution in [2.45, 2.75) is 32.5 Å². The summed E-state index contributed by atoms with van der Waals surface area (Å²) in [6, 6.07) is 3.48. The average molecular weight is 331 g/mol. The Morgan fingerprint density at radius 2 is 1.74 bits per heavy atom. The smallest absolute Gasteiger partial charge is 0.355 e. The van der Waals surface area contributed by atoms with Crippen molar-refractivity contribution in [3.8, 4) is 0 Å². The van der Waals surface area contributed by atoms with Crippen LogP contribution in [0.25, 0.3) is 0 Å². The van der Waals surface area contributed by atoms with Gasteiger partial charge in [0, 0.05) is 6.54 Å². The quantitative estimate of drug-likeness (QED) is 0.750. The molecule has 0 aromatic heterocycles. The van der Waals surface area contributed by atoms with E-state index in [-0.39, 0.29) is 12.5 Å². The molecule has 1 unspecified atom stereocenters. The Morgan fingerprint density at radius 3 is 2.26 bits per heavy atom. The normalized spacial score (nSPS) is 12.4. The Morgan fingerprint density at radius 1 is 1.13 bits per heavy atom. The van der Waals surface area contributed by atoms with Crippen molar-refractivity contribution in [1.29, 1.82) is 0 Å². The molecule has 3 amide bonds. The van der Waals surface area contributed by atoms with Gasteiger partial charge in [0.1, 0.15) is 0 Å². The van der Waals surface area contributed by atoms with E-state index in [1.165, 1.54) is 12.1 Å². The van der Waals surface area contributed by atoms with Gasteiger partial charge in [0.25, 0.3) is 0 Å². The monoisotopic (exact) mass is 331 g/mol. The Kier molecular flexibility index (Phi) is 6.87. The molecule has 128 valence electrons. The van der Waals surface area contributed by atoms with E-state index >= 15 is 0 Å². The van der Waals surface area contributed by atoms with Crippen LogP contribution in [0.1, 0.15) is 37.4 Å². The number of carbonyl (C=O) groups excluding carboxylic acids is 2. The van der Waals surface area contributed by atoms with E-state index < -0.39 is 23.8 Å². The lowest BCUT2D eigenvalue weighted by atomic mass is 10.1. The molecule has 0 spiro atoms. The van der Waals surface area contributed by atoms with Gasteiger partial charge in [0.05, 0.1) is 18.2 Å². The van der Waals surface area contributed by atoms with E-state index in [1.54, 1.807) is 6.92 Å². The summed E-state index contributed by atoms with van der Waals surface area (Å²) in [5, 5.41) is 7.55. The van der Waals surface area contributed by atoms with Gasteiger partial charge in [-0.25, -0.2) is 4.79 Å². The first kappa shape index (κ1) is 18.8. The highest BCUT2D eigenvalue weighted by Crippen LogP contribution is 2.29. The fourth-order valence-corrected chi connectivity index (χ4v) is 1.78. The van der Waals surface area contributed by atoms with E-state index in [0.29, 0.717) is 12.1 Å². The number of carbonyl (C=O) groups is 2. The number of alkyl halides is 3. The number of urea groups is 1. The second-order valence-electron chi connectivity index (χ2n) is 5.02. The van der Waals surface area contributed by atoms with E-state index in [2.05, 4.69) is 16.0 Å². The summed E-state index contributed by atoms with van der Waals surface area (Å²) in [5.74, 6) is -0.302. The number of amides is 3. The van der Waals surface area contributed by atoms with Gasteiger partial charge in [-0.1, -0.05) is 19.1 Å². The first-order valence-electron chi connectivity index (χ1n) is 7.22. The Labute approximate surface area is 132 Å². The fraction of sp³-hybridized carbons (Fsp3) is 0.467. The zero-order chi connectivity index (χ0) is 17.5. The Balaban J connectivity index is 2.47. The third-order valence-corrected chi connectivity index (χ3v) is 3.07. The maximum atomic E-state index is 12.5. The van der Waals surface area contributed by atoms with Gasteiger partial charge in [-0.3, -0.25) is 4.79 Å². The van der Waals surface area contributed by atoms with Crippen LogP contribution in [0.15, 0.2) is 24.3 Å².